The van der Waals surface area contributed by atoms with Crippen molar-refractivity contribution in [3.63, 3.8) is 0 Å². The Labute approximate surface area is 262 Å². The predicted octanol–water partition coefficient (Wildman–Crippen LogP) is 4.42. The van der Waals surface area contributed by atoms with E-state index in [2.05, 4.69) is 15.0 Å². The van der Waals surface area contributed by atoms with Crippen molar-refractivity contribution in [3.05, 3.63) is 117 Å². The maximum atomic E-state index is 13.3. The number of benzene rings is 3. The van der Waals surface area contributed by atoms with E-state index in [0.717, 1.165) is 34.5 Å². The number of carbonyl (C=O) groups is 2. The molecular formula is C31H31F3N4O5S2. The van der Waals surface area contributed by atoms with Crippen molar-refractivity contribution in [2.24, 2.45) is 0 Å². The number of alkyl halides is 3. The number of halogens is 3. The molecule has 0 aliphatic rings. The highest BCUT2D eigenvalue weighted by Gasteiger charge is 2.32. The second kappa shape index (κ2) is 14.3. The first-order valence-corrected chi connectivity index (χ1v) is 16.1. The van der Waals surface area contributed by atoms with Gasteiger partial charge in [0.1, 0.15) is 5.01 Å². The van der Waals surface area contributed by atoms with Gasteiger partial charge in [-0.05, 0) is 55.3 Å². The first-order chi connectivity index (χ1) is 21.2. The molecule has 0 aliphatic carbocycles. The topological polar surface area (TPSA) is 129 Å². The summed E-state index contributed by atoms with van der Waals surface area (Å²) in [4.78, 5) is 31.6. The van der Waals surface area contributed by atoms with E-state index in [1.165, 1.54) is 28.4 Å². The van der Waals surface area contributed by atoms with Crippen LogP contribution >= 0.6 is 11.3 Å². The van der Waals surface area contributed by atoms with Crippen LogP contribution in [0.25, 0.3) is 0 Å². The number of rotatable bonds is 12. The summed E-state index contributed by atoms with van der Waals surface area (Å²) in [6, 6.07) is 17.1. The molecule has 0 saturated carbocycles. The third kappa shape index (κ3) is 9.20. The van der Waals surface area contributed by atoms with Crippen LogP contribution in [0.15, 0.2) is 89.1 Å². The van der Waals surface area contributed by atoms with E-state index in [0.29, 0.717) is 6.07 Å². The number of aromatic nitrogens is 1. The zero-order valence-corrected chi connectivity index (χ0v) is 25.9. The Hall–Kier alpha value is -4.11. The molecule has 3 N–H and O–H groups in total. The molecule has 0 unspecified atom stereocenters. The Morgan fingerprint density at radius 1 is 1.00 bits per heavy atom. The van der Waals surface area contributed by atoms with Gasteiger partial charge in [-0.3, -0.25) is 9.59 Å². The van der Waals surface area contributed by atoms with Crippen molar-refractivity contribution in [2.75, 3.05) is 13.6 Å². The second-order valence-corrected chi connectivity index (χ2v) is 13.0. The number of nitrogens with zero attached hydrogens (tertiary/aromatic N) is 2. The third-order valence-electron chi connectivity index (χ3n) is 6.79. The van der Waals surface area contributed by atoms with E-state index in [4.69, 9.17) is 0 Å². The lowest BCUT2D eigenvalue weighted by Gasteiger charge is -2.25. The second-order valence-electron chi connectivity index (χ2n) is 10.3. The average Bonchev–Trinajstić information content (AvgIpc) is 3.43. The van der Waals surface area contributed by atoms with Gasteiger partial charge < -0.3 is 15.3 Å². The van der Waals surface area contributed by atoms with Crippen molar-refractivity contribution in [1.29, 1.82) is 0 Å². The number of aliphatic hydroxyl groups is 1. The van der Waals surface area contributed by atoms with Crippen LogP contribution in [0.4, 0.5) is 13.2 Å². The molecule has 238 valence electrons. The number of hydrogen-bond donors (Lipinski definition) is 3. The Morgan fingerprint density at radius 3 is 2.36 bits per heavy atom. The number of aliphatic hydroxyl groups excluding tert-OH is 1. The van der Waals surface area contributed by atoms with Crippen LogP contribution in [-0.4, -0.2) is 61.0 Å². The lowest BCUT2D eigenvalue weighted by molar-refractivity contribution is -0.137. The highest BCUT2D eigenvalue weighted by molar-refractivity contribution is 7.89. The van der Waals surface area contributed by atoms with Crippen molar-refractivity contribution in [2.45, 2.75) is 43.1 Å². The van der Waals surface area contributed by atoms with Gasteiger partial charge >= 0.3 is 6.18 Å². The first kappa shape index (κ1) is 33.8. The number of sulfonamides is 1. The van der Waals surface area contributed by atoms with Crippen LogP contribution in [0, 0.1) is 6.92 Å². The summed E-state index contributed by atoms with van der Waals surface area (Å²) in [5.74, 6) is -0.953. The molecule has 4 rings (SSSR count). The van der Waals surface area contributed by atoms with Crippen LogP contribution in [0.2, 0.25) is 0 Å². The Balaban J connectivity index is 1.49. The minimum atomic E-state index is -4.74. The molecule has 0 aliphatic heterocycles. The highest BCUT2D eigenvalue weighted by atomic mass is 32.2. The molecule has 14 heteroatoms. The Bertz CT molecular complexity index is 1750. The van der Waals surface area contributed by atoms with Crippen molar-refractivity contribution >= 4 is 33.2 Å². The molecule has 0 radical (unpaired) electrons. The molecule has 2 amide bonds. The quantitative estimate of drug-likeness (QED) is 0.207. The van der Waals surface area contributed by atoms with E-state index in [1.54, 1.807) is 49.5 Å². The van der Waals surface area contributed by atoms with E-state index >= 15 is 0 Å². The van der Waals surface area contributed by atoms with E-state index in [1.807, 2.05) is 12.3 Å². The van der Waals surface area contributed by atoms with Gasteiger partial charge in [-0.1, -0.05) is 42.5 Å². The fourth-order valence-electron chi connectivity index (χ4n) is 4.43. The third-order valence-corrected chi connectivity index (χ3v) is 9.16. The summed E-state index contributed by atoms with van der Waals surface area (Å²) < 4.78 is 67.1. The number of thiazole rings is 1. The molecule has 3 aromatic carbocycles. The van der Waals surface area contributed by atoms with E-state index < -0.39 is 51.3 Å². The van der Waals surface area contributed by atoms with Gasteiger partial charge in [-0.2, -0.15) is 13.2 Å². The largest absolute Gasteiger partial charge is 0.416 e. The van der Waals surface area contributed by atoms with Gasteiger partial charge in [0.25, 0.3) is 11.8 Å². The van der Waals surface area contributed by atoms with Crippen LogP contribution < -0.4 is 10.0 Å². The van der Waals surface area contributed by atoms with Crippen molar-refractivity contribution in [1.82, 2.24) is 19.9 Å². The SMILES string of the molecule is Cc1csc(CN(C)C(=O)c2cccc(C(=O)N[C@@H](Cc3ccccc3)[C@@H](O)CNS(=O)(=O)c3cccc(C(F)(F)F)c3)c2)n1. The maximum absolute atomic E-state index is 13.3. The number of nitrogens with one attached hydrogen (secondary N) is 2. The first-order valence-electron chi connectivity index (χ1n) is 13.7. The predicted molar refractivity (Wildman–Crippen MR) is 163 cm³/mol. The zero-order chi connectivity index (χ0) is 32.8. The minimum absolute atomic E-state index is 0.105. The smallest absolute Gasteiger partial charge is 0.390 e. The van der Waals surface area contributed by atoms with E-state index in [-0.39, 0.29) is 30.0 Å². The molecule has 9 nitrogen and oxygen atoms in total. The van der Waals surface area contributed by atoms with Gasteiger partial charge in [0.15, 0.2) is 0 Å². The van der Waals surface area contributed by atoms with Crippen LogP contribution in [0.5, 0.6) is 0 Å². The van der Waals surface area contributed by atoms with Gasteiger partial charge in [-0.15, -0.1) is 11.3 Å². The molecule has 0 spiro atoms. The standard InChI is InChI=1S/C31H31F3N4O5S2/c1-20-19-44-28(36-20)18-38(2)30(41)23-11-6-10-22(15-23)29(40)37-26(14-21-8-4-3-5-9-21)27(39)17-35-45(42,43)25-13-7-12-24(16-25)31(32,33)34/h3-13,15-16,19,26-27,35,39H,14,17-18H2,1-2H3,(H,37,40)/t26-,27-/m0/s1. The van der Waals surface area contributed by atoms with E-state index in [9.17, 15) is 36.3 Å². The zero-order valence-electron chi connectivity index (χ0n) is 24.3. The minimum Gasteiger partial charge on any atom is -0.390 e. The summed E-state index contributed by atoms with van der Waals surface area (Å²) in [7, 11) is -2.81. The van der Waals surface area contributed by atoms with Crippen LogP contribution in [0.3, 0.4) is 0 Å². The highest BCUT2D eigenvalue weighted by Crippen LogP contribution is 2.30. The Morgan fingerprint density at radius 2 is 1.69 bits per heavy atom. The molecule has 45 heavy (non-hydrogen) atoms. The summed E-state index contributed by atoms with van der Waals surface area (Å²) in [5.41, 5.74) is 0.836. The van der Waals surface area contributed by atoms with Gasteiger partial charge in [-0.25, -0.2) is 18.1 Å². The van der Waals surface area contributed by atoms with Gasteiger partial charge in [0.05, 0.1) is 29.1 Å². The van der Waals surface area contributed by atoms with Crippen molar-refractivity contribution < 1.29 is 36.3 Å². The normalized spacial score (nSPS) is 13.2. The fraction of sp³-hybridized carbons (Fsp3) is 0.258. The molecule has 1 aromatic heterocycles. The molecule has 2 atom stereocenters. The molecular weight excluding hydrogens is 629 g/mol. The molecule has 0 bridgehead atoms. The van der Waals surface area contributed by atoms with Gasteiger partial charge in [0.2, 0.25) is 10.0 Å². The summed E-state index contributed by atoms with van der Waals surface area (Å²) in [6.07, 6.45) is -6.12. The molecule has 0 fully saturated rings. The lowest BCUT2D eigenvalue weighted by atomic mass is 10.0. The lowest BCUT2D eigenvalue weighted by Crippen LogP contribution is -2.49. The summed E-state index contributed by atoms with van der Waals surface area (Å²) in [5, 5.41) is 16.4. The maximum Gasteiger partial charge on any atom is 0.416 e. The summed E-state index contributed by atoms with van der Waals surface area (Å²) >= 11 is 1.43. The molecule has 0 saturated heterocycles. The van der Waals surface area contributed by atoms with Gasteiger partial charge in [0, 0.05) is 35.8 Å². The number of aryl methyl sites for hydroxylation is 1. The average molecular weight is 661 g/mol. The summed E-state index contributed by atoms with van der Waals surface area (Å²) in [6.45, 7) is 1.54. The number of amides is 2. The van der Waals surface area contributed by atoms with Crippen LogP contribution in [-0.2, 0) is 29.2 Å². The molecule has 4 aromatic rings. The number of carbonyl (C=O) groups excluding carboxylic acids is 2. The number of hydrogen-bond acceptors (Lipinski definition) is 7. The van der Waals surface area contributed by atoms with Crippen LogP contribution in [0.1, 0.15) is 42.5 Å². The fourth-order valence-corrected chi connectivity index (χ4v) is 6.35. The Kier molecular flexibility index (Phi) is 10.8. The monoisotopic (exact) mass is 660 g/mol. The van der Waals surface area contributed by atoms with Crippen molar-refractivity contribution in [3.8, 4) is 0 Å². The molecule has 1 heterocycles.